The van der Waals surface area contributed by atoms with Crippen molar-refractivity contribution in [2.24, 2.45) is 0 Å². The lowest BCUT2D eigenvalue weighted by molar-refractivity contribution is -0.137. The van der Waals surface area contributed by atoms with Crippen molar-refractivity contribution in [3.63, 3.8) is 0 Å². The third kappa shape index (κ3) is 5.97. The highest BCUT2D eigenvalue weighted by Crippen LogP contribution is 2.33. The quantitative estimate of drug-likeness (QED) is 0.543. The fraction of sp³-hybridized carbons (Fsp3) is 0.211. The summed E-state index contributed by atoms with van der Waals surface area (Å²) in [4.78, 5) is 11.9. The lowest BCUT2D eigenvalue weighted by Crippen LogP contribution is -2.20. The molecule has 0 saturated carbocycles. The molecule has 0 aliphatic heterocycles. The molecule has 2 rings (SSSR count). The Bertz CT molecular complexity index is 832. The molecule has 0 radical (unpaired) electrons. The molecule has 150 valence electrons. The summed E-state index contributed by atoms with van der Waals surface area (Å²) in [5, 5.41) is 2.49. The molecule has 0 aromatic heterocycles. The number of amides is 1. The van der Waals surface area contributed by atoms with Gasteiger partial charge < -0.3 is 14.8 Å². The van der Waals surface area contributed by atoms with Crippen LogP contribution in [0.5, 0.6) is 11.5 Å². The van der Waals surface area contributed by atoms with Gasteiger partial charge in [-0.25, -0.2) is 0 Å². The zero-order chi connectivity index (χ0) is 20.7. The van der Waals surface area contributed by atoms with Crippen LogP contribution in [0.2, 0.25) is 0 Å². The molecule has 0 atom stereocenters. The van der Waals surface area contributed by atoms with Crippen LogP contribution >= 0.6 is 0 Å². The summed E-state index contributed by atoms with van der Waals surface area (Å²) in [5.41, 5.74) is -0.116. The summed E-state index contributed by atoms with van der Waals surface area (Å²) >= 11 is 0. The maximum absolute atomic E-state index is 12.6. The summed E-state index contributed by atoms with van der Waals surface area (Å²) in [5.74, 6) is -0.704. The Labute approximate surface area is 157 Å². The standard InChI is InChI=1S/C19H16F5NO3/c1-27-15-4-2-3-13(17(15)28-18(20)21)7-10-16(26)25-11-12-5-8-14(9-6-12)19(22,23)24/h2-10,18H,11H2,1H3,(H,25,26)/b10-7+. The first kappa shape index (κ1) is 21.2. The Kier molecular flexibility index (Phi) is 6.97. The molecule has 0 spiro atoms. The van der Waals surface area contributed by atoms with Gasteiger partial charge in [0.2, 0.25) is 5.91 Å². The number of nitrogens with one attached hydrogen (secondary N) is 1. The van der Waals surface area contributed by atoms with Gasteiger partial charge in [-0.3, -0.25) is 4.79 Å². The number of alkyl halides is 5. The van der Waals surface area contributed by atoms with Gasteiger partial charge in [0.1, 0.15) is 0 Å². The molecule has 2 aromatic rings. The fourth-order valence-corrected chi connectivity index (χ4v) is 2.27. The number of benzene rings is 2. The van der Waals surface area contributed by atoms with Gasteiger partial charge in [-0.15, -0.1) is 0 Å². The minimum atomic E-state index is -4.43. The van der Waals surface area contributed by atoms with Crippen molar-refractivity contribution in [1.29, 1.82) is 0 Å². The Balaban J connectivity index is 2.02. The van der Waals surface area contributed by atoms with Crippen LogP contribution in [-0.2, 0) is 17.5 Å². The van der Waals surface area contributed by atoms with Gasteiger partial charge in [0.05, 0.1) is 12.7 Å². The van der Waals surface area contributed by atoms with E-state index in [-0.39, 0.29) is 23.6 Å². The SMILES string of the molecule is COc1cccc(/C=C/C(=O)NCc2ccc(C(F)(F)F)cc2)c1OC(F)F. The van der Waals surface area contributed by atoms with Gasteiger partial charge in [0, 0.05) is 18.2 Å². The van der Waals surface area contributed by atoms with Gasteiger partial charge in [-0.05, 0) is 29.8 Å². The van der Waals surface area contributed by atoms with Crippen molar-refractivity contribution >= 4 is 12.0 Å². The molecule has 2 aromatic carbocycles. The number of hydrogen-bond donors (Lipinski definition) is 1. The zero-order valence-electron chi connectivity index (χ0n) is 14.6. The van der Waals surface area contributed by atoms with E-state index in [9.17, 15) is 26.7 Å². The Morgan fingerprint density at radius 1 is 1.14 bits per heavy atom. The molecular weight excluding hydrogens is 385 g/mol. The summed E-state index contributed by atoms with van der Waals surface area (Å²) in [6.45, 7) is -3.07. The molecule has 1 amide bonds. The minimum Gasteiger partial charge on any atom is -0.493 e. The van der Waals surface area contributed by atoms with Crippen LogP contribution in [0.15, 0.2) is 48.5 Å². The molecule has 9 heteroatoms. The molecule has 0 aliphatic rings. The summed E-state index contributed by atoms with van der Waals surface area (Å²) in [6, 6.07) is 8.77. The highest BCUT2D eigenvalue weighted by Gasteiger charge is 2.29. The molecule has 4 nitrogen and oxygen atoms in total. The number of ether oxygens (including phenoxy) is 2. The number of carbonyl (C=O) groups is 1. The number of hydrogen-bond acceptors (Lipinski definition) is 3. The van der Waals surface area contributed by atoms with E-state index >= 15 is 0 Å². The van der Waals surface area contributed by atoms with E-state index < -0.39 is 24.3 Å². The Morgan fingerprint density at radius 2 is 1.82 bits per heavy atom. The highest BCUT2D eigenvalue weighted by molar-refractivity contribution is 5.92. The predicted molar refractivity (Wildman–Crippen MR) is 92.0 cm³/mol. The summed E-state index contributed by atoms with van der Waals surface area (Å²) in [7, 11) is 1.29. The smallest absolute Gasteiger partial charge is 0.416 e. The number of carbonyl (C=O) groups excluding carboxylic acids is 1. The largest absolute Gasteiger partial charge is 0.493 e. The maximum atomic E-state index is 12.6. The molecule has 0 bridgehead atoms. The molecule has 28 heavy (non-hydrogen) atoms. The average molecular weight is 401 g/mol. The van der Waals surface area contributed by atoms with Crippen molar-refractivity contribution in [1.82, 2.24) is 5.32 Å². The highest BCUT2D eigenvalue weighted by atomic mass is 19.4. The maximum Gasteiger partial charge on any atom is 0.416 e. The van der Waals surface area contributed by atoms with Crippen molar-refractivity contribution in [3.05, 3.63) is 65.2 Å². The number of methoxy groups -OCH3 is 1. The first-order valence-electron chi connectivity index (χ1n) is 7.94. The van der Waals surface area contributed by atoms with E-state index in [0.29, 0.717) is 5.56 Å². The van der Waals surface area contributed by atoms with Crippen LogP contribution in [0, 0.1) is 0 Å². The van der Waals surface area contributed by atoms with Crippen LogP contribution in [-0.4, -0.2) is 19.6 Å². The second-order valence-electron chi connectivity index (χ2n) is 5.50. The van der Waals surface area contributed by atoms with E-state index in [2.05, 4.69) is 10.1 Å². The van der Waals surface area contributed by atoms with Gasteiger partial charge in [-0.1, -0.05) is 24.3 Å². The first-order valence-corrected chi connectivity index (χ1v) is 7.94. The monoisotopic (exact) mass is 401 g/mol. The first-order chi connectivity index (χ1) is 13.2. The number of halogens is 5. The van der Waals surface area contributed by atoms with Crippen molar-refractivity contribution in [3.8, 4) is 11.5 Å². The van der Waals surface area contributed by atoms with Crippen LogP contribution < -0.4 is 14.8 Å². The van der Waals surface area contributed by atoms with E-state index in [1.54, 1.807) is 0 Å². The van der Waals surface area contributed by atoms with Gasteiger partial charge in [0.15, 0.2) is 11.5 Å². The Hall–Kier alpha value is -3.10. The molecule has 0 saturated heterocycles. The number of para-hydroxylation sites is 1. The van der Waals surface area contributed by atoms with Gasteiger partial charge in [-0.2, -0.15) is 22.0 Å². The minimum absolute atomic E-state index is 0.000186. The molecule has 0 aliphatic carbocycles. The lowest BCUT2D eigenvalue weighted by atomic mass is 10.1. The van der Waals surface area contributed by atoms with Gasteiger partial charge >= 0.3 is 12.8 Å². The molecular formula is C19H16F5NO3. The van der Waals surface area contributed by atoms with Gasteiger partial charge in [0.25, 0.3) is 0 Å². The molecule has 0 unspecified atom stereocenters. The summed E-state index contributed by atoms with van der Waals surface area (Å²) in [6.07, 6.45) is -2.07. The molecule has 0 heterocycles. The topological polar surface area (TPSA) is 47.6 Å². The third-order valence-electron chi connectivity index (χ3n) is 3.60. The van der Waals surface area contributed by atoms with E-state index in [0.717, 1.165) is 18.2 Å². The molecule has 1 N–H and O–H groups in total. The van der Waals surface area contributed by atoms with Crippen LogP contribution in [0.4, 0.5) is 22.0 Å². The van der Waals surface area contributed by atoms with E-state index in [1.165, 1.54) is 43.5 Å². The third-order valence-corrected chi connectivity index (χ3v) is 3.60. The van der Waals surface area contributed by atoms with Crippen LogP contribution in [0.1, 0.15) is 16.7 Å². The number of rotatable bonds is 7. The van der Waals surface area contributed by atoms with Crippen LogP contribution in [0.25, 0.3) is 6.08 Å². The normalized spacial score (nSPS) is 11.7. The predicted octanol–water partition coefficient (Wildman–Crippen LogP) is 4.65. The average Bonchev–Trinajstić information content (AvgIpc) is 2.64. The van der Waals surface area contributed by atoms with Crippen molar-refractivity contribution in [2.45, 2.75) is 19.3 Å². The summed E-state index contributed by atoms with van der Waals surface area (Å²) < 4.78 is 72.1. The second-order valence-corrected chi connectivity index (χ2v) is 5.50. The van der Waals surface area contributed by atoms with Crippen molar-refractivity contribution < 1.29 is 36.2 Å². The van der Waals surface area contributed by atoms with E-state index in [4.69, 9.17) is 4.74 Å². The van der Waals surface area contributed by atoms with Crippen molar-refractivity contribution in [2.75, 3.05) is 7.11 Å². The lowest BCUT2D eigenvalue weighted by Gasteiger charge is -2.12. The second kappa shape index (κ2) is 9.20. The fourth-order valence-electron chi connectivity index (χ4n) is 2.27. The zero-order valence-corrected chi connectivity index (χ0v) is 14.6. The molecule has 0 fully saturated rings. The van der Waals surface area contributed by atoms with E-state index in [1.807, 2.05) is 0 Å². The van der Waals surface area contributed by atoms with Crippen LogP contribution in [0.3, 0.4) is 0 Å². The Morgan fingerprint density at radius 3 is 2.39 bits per heavy atom.